The highest BCUT2D eigenvalue weighted by molar-refractivity contribution is 5.69. The molecule has 1 N–H and O–H groups in total. The second kappa shape index (κ2) is 6.01. The Morgan fingerprint density at radius 1 is 1.55 bits per heavy atom. The van der Waals surface area contributed by atoms with E-state index in [2.05, 4.69) is 23.9 Å². The van der Waals surface area contributed by atoms with Gasteiger partial charge >= 0.3 is 6.09 Å². The number of carbonyl (C=O) groups is 1. The number of rotatable bonds is 1. The van der Waals surface area contributed by atoms with Crippen LogP contribution in [-0.2, 0) is 4.74 Å². The molecule has 11 heavy (non-hydrogen) atoms. The van der Waals surface area contributed by atoms with Crippen LogP contribution in [0.25, 0.3) is 0 Å². The molecule has 1 unspecified atom stereocenters. The molecular formula is C8H17NO2. The topological polar surface area (TPSA) is 38.3 Å². The summed E-state index contributed by atoms with van der Waals surface area (Å²) in [5.41, 5.74) is 0. The molecule has 1 rings (SSSR count). The molecule has 0 spiro atoms. The average molecular weight is 159 g/mol. The maximum atomic E-state index is 10.3. The summed E-state index contributed by atoms with van der Waals surface area (Å²) in [5.74, 6) is 0. The summed E-state index contributed by atoms with van der Waals surface area (Å²) in [4.78, 5) is 10.3. The van der Waals surface area contributed by atoms with Crippen molar-refractivity contribution in [3.63, 3.8) is 0 Å². The number of hydrogen-bond donors (Lipinski definition) is 1. The second-order valence-corrected chi connectivity index (χ2v) is 2.56. The summed E-state index contributed by atoms with van der Waals surface area (Å²) >= 11 is 0. The van der Waals surface area contributed by atoms with E-state index in [4.69, 9.17) is 0 Å². The molecule has 0 radical (unpaired) electrons. The molecule has 1 atom stereocenters. The first-order chi connectivity index (χ1) is 5.24. The summed E-state index contributed by atoms with van der Waals surface area (Å²) in [5, 5.41) is 2.64. The minimum absolute atomic E-state index is 0.252. The third kappa shape index (κ3) is 4.65. The third-order valence-electron chi connectivity index (χ3n) is 1.23. The first kappa shape index (κ1) is 10.3. The predicted octanol–water partition coefficient (Wildman–Crippen LogP) is 1.92. The molecule has 0 aromatic rings. The molecule has 0 aromatic heterocycles. The molecule has 3 nitrogen and oxygen atoms in total. The molecule has 1 aliphatic heterocycles. The number of carbonyl (C=O) groups excluding carboxylic acids is 1. The minimum atomic E-state index is -0.281. The van der Waals surface area contributed by atoms with Crippen LogP contribution < -0.4 is 5.32 Å². The Bertz CT molecular complexity index is 115. The molecule has 1 amide bonds. The van der Waals surface area contributed by atoms with E-state index in [0.29, 0.717) is 6.61 Å². The maximum Gasteiger partial charge on any atom is 0.407 e. The van der Waals surface area contributed by atoms with Gasteiger partial charge in [0.1, 0.15) is 6.61 Å². The Morgan fingerprint density at radius 2 is 2.09 bits per heavy atom. The first-order valence-electron chi connectivity index (χ1n) is 4.17. The Kier molecular flexibility index (Phi) is 5.61. The van der Waals surface area contributed by atoms with Gasteiger partial charge < -0.3 is 10.1 Å². The molecule has 66 valence electrons. The number of hydrogen-bond acceptors (Lipinski definition) is 2. The molecule has 1 aliphatic rings. The van der Waals surface area contributed by atoms with Crippen molar-refractivity contribution in [1.29, 1.82) is 0 Å². The molecular weight excluding hydrogens is 142 g/mol. The van der Waals surface area contributed by atoms with Gasteiger partial charge in [0.15, 0.2) is 0 Å². The molecule has 1 saturated heterocycles. The van der Waals surface area contributed by atoms with Crippen molar-refractivity contribution < 1.29 is 9.53 Å². The van der Waals surface area contributed by atoms with Crippen LogP contribution in [-0.4, -0.2) is 18.7 Å². The van der Waals surface area contributed by atoms with E-state index in [0.717, 1.165) is 6.42 Å². The third-order valence-corrected chi connectivity index (χ3v) is 1.23. The number of ether oxygens (including phenoxy) is 1. The van der Waals surface area contributed by atoms with Gasteiger partial charge in [0.25, 0.3) is 0 Å². The molecule has 3 heteroatoms. The Morgan fingerprint density at radius 3 is 2.27 bits per heavy atom. The number of alkyl carbamates (subject to hydrolysis) is 1. The minimum Gasteiger partial charge on any atom is -0.447 e. The summed E-state index contributed by atoms with van der Waals surface area (Å²) in [6, 6.07) is 0.252. The number of nitrogens with one attached hydrogen (secondary N) is 1. The van der Waals surface area contributed by atoms with Crippen molar-refractivity contribution in [2.24, 2.45) is 0 Å². The van der Waals surface area contributed by atoms with Crippen molar-refractivity contribution in [3.8, 4) is 0 Å². The number of amides is 1. The predicted molar refractivity (Wildman–Crippen MR) is 44.5 cm³/mol. The monoisotopic (exact) mass is 159 g/mol. The van der Waals surface area contributed by atoms with Crippen LogP contribution >= 0.6 is 0 Å². The molecule has 0 bridgehead atoms. The quantitative estimate of drug-likeness (QED) is 0.634. The van der Waals surface area contributed by atoms with Gasteiger partial charge in [-0.25, -0.2) is 4.79 Å². The van der Waals surface area contributed by atoms with E-state index in [1.165, 1.54) is 6.42 Å². The van der Waals surface area contributed by atoms with E-state index in [1.807, 2.05) is 6.92 Å². The van der Waals surface area contributed by atoms with E-state index in [1.54, 1.807) is 0 Å². The van der Waals surface area contributed by atoms with E-state index in [-0.39, 0.29) is 12.1 Å². The van der Waals surface area contributed by atoms with Crippen LogP contribution in [0.4, 0.5) is 4.79 Å². The van der Waals surface area contributed by atoms with Gasteiger partial charge in [-0.05, 0) is 6.42 Å². The van der Waals surface area contributed by atoms with Crippen molar-refractivity contribution in [2.75, 3.05) is 6.61 Å². The zero-order chi connectivity index (χ0) is 8.69. The lowest BCUT2D eigenvalue weighted by molar-refractivity contribution is 0.176. The van der Waals surface area contributed by atoms with Gasteiger partial charge in [0.05, 0.1) is 6.04 Å². The van der Waals surface area contributed by atoms with Crippen LogP contribution in [0.15, 0.2) is 0 Å². The van der Waals surface area contributed by atoms with Crippen molar-refractivity contribution >= 4 is 6.09 Å². The summed E-state index contributed by atoms with van der Waals surface area (Å²) in [6.45, 7) is 6.80. The fraction of sp³-hybridized carbons (Fsp3) is 0.875. The van der Waals surface area contributed by atoms with E-state index >= 15 is 0 Å². The second-order valence-electron chi connectivity index (χ2n) is 2.56. The van der Waals surface area contributed by atoms with Gasteiger partial charge in [0.2, 0.25) is 0 Å². The van der Waals surface area contributed by atoms with Crippen LogP contribution in [0, 0.1) is 0 Å². The van der Waals surface area contributed by atoms with Crippen molar-refractivity contribution in [1.82, 2.24) is 5.32 Å². The summed E-state index contributed by atoms with van der Waals surface area (Å²) < 4.78 is 4.61. The lowest BCUT2D eigenvalue weighted by Crippen LogP contribution is -2.24. The summed E-state index contributed by atoms with van der Waals surface area (Å²) in [6.07, 6.45) is 1.92. The Balaban J connectivity index is 0.000000292. The van der Waals surface area contributed by atoms with Gasteiger partial charge in [0, 0.05) is 0 Å². The normalized spacial score (nSPS) is 21.4. The van der Waals surface area contributed by atoms with Crippen LogP contribution in [0.5, 0.6) is 0 Å². The Hall–Kier alpha value is -0.730. The molecule has 1 heterocycles. The standard InChI is InChI=1S/C5H9NO2.C3H8/c1-2-4-3-8-5(7)6-4;1-3-2/h4H,2-3H2,1H3,(H,6,7);3H2,1-2H3. The smallest absolute Gasteiger partial charge is 0.407 e. The highest BCUT2D eigenvalue weighted by Crippen LogP contribution is 1.99. The first-order valence-corrected chi connectivity index (χ1v) is 4.17. The van der Waals surface area contributed by atoms with E-state index < -0.39 is 0 Å². The lowest BCUT2D eigenvalue weighted by Gasteiger charge is -1.97. The zero-order valence-electron chi connectivity index (χ0n) is 7.52. The van der Waals surface area contributed by atoms with Crippen LogP contribution in [0.1, 0.15) is 33.6 Å². The zero-order valence-corrected chi connectivity index (χ0v) is 7.52. The largest absolute Gasteiger partial charge is 0.447 e. The molecule has 1 fully saturated rings. The highest BCUT2D eigenvalue weighted by Gasteiger charge is 2.19. The van der Waals surface area contributed by atoms with Gasteiger partial charge in [-0.15, -0.1) is 0 Å². The van der Waals surface area contributed by atoms with E-state index in [9.17, 15) is 4.79 Å². The molecule has 0 saturated carbocycles. The SMILES string of the molecule is CCC.CCC1COC(=O)N1. The number of cyclic esters (lactones) is 1. The summed E-state index contributed by atoms with van der Waals surface area (Å²) in [7, 11) is 0. The molecule has 0 aromatic carbocycles. The average Bonchev–Trinajstić information content (AvgIpc) is 2.37. The van der Waals surface area contributed by atoms with Crippen molar-refractivity contribution in [3.05, 3.63) is 0 Å². The van der Waals surface area contributed by atoms with Crippen LogP contribution in [0.2, 0.25) is 0 Å². The molecule has 0 aliphatic carbocycles. The van der Waals surface area contributed by atoms with Gasteiger partial charge in [-0.2, -0.15) is 0 Å². The fourth-order valence-electron chi connectivity index (χ4n) is 0.646. The lowest BCUT2D eigenvalue weighted by atomic mass is 10.3. The fourth-order valence-corrected chi connectivity index (χ4v) is 0.646. The van der Waals surface area contributed by atoms with Gasteiger partial charge in [-0.3, -0.25) is 0 Å². The van der Waals surface area contributed by atoms with Crippen LogP contribution in [0.3, 0.4) is 0 Å². The Labute approximate surface area is 68.1 Å². The van der Waals surface area contributed by atoms with Gasteiger partial charge in [-0.1, -0.05) is 27.2 Å². The maximum absolute atomic E-state index is 10.3. The highest BCUT2D eigenvalue weighted by atomic mass is 16.6. The van der Waals surface area contributed by atoms with Crippen molar-refractivity contribution in [2.45, 2.75) is 39.7 Å².